The maximum absolute atomic E-state index is 4.25. The molecular weight excluding hydrogens is 128 g/mol. The summed E-state index contributed by atoms with van der Waals surface area (Å²) < 4.78 is 0. The van der Waals surface area contributed by atoms with Crippen molar-refractivity contribution in [3.63, 3.8) is 0 Å². The van der Waals surface area contributed by atoms with Gasteiger partial charge in [0.05, 0.1) is 0 Å². The maximum Gasteiger partial charge on any atom is -0.00696 e. The zero-order chi connectivity index (χ0) is 7.28. The Morgan fingerprint density at radius 3 is 2.11 bits per heavy atom. The molecule has 0 bridgehead atoms. The van der Waals surface area contributed by atoms with Gasteiger partial charge in [0.25, 0.3) is 0 Å². The maximum atomic E-state index is 4.25. The summed E-state index contributed by atoms with van der Waals surface area (Å²) in [4.78, 5) is 0. The van der Waals surface area contributed by atoms with Crippen molar-refractivity contribution in [2.75, 3.05) is 5.75 Å². The molecule has 56 valence electrons. The molecule has 0 spiro atoms. The van der Waals surface area contributed by atoms with Crippen LogP contribution in [0.1, 0.15) is 33.6 Å². The lowest BCUT2D eigenvalue weighted by Crippen LogP contribution is -2.08. The predicted octanol–water partition coefficient (Wildman–Crippen LogP) is 2.99. The fourth-order valence-electron chi connectivity index (χ4n) is 0.920. The van der Waals surface area contributed by atoms with Crippen LogP contribution in [-0.4, -0.2) is 5.75 Å². The summed E-state index contributed by atoms with van der Waals surface area (Å²) in [5, 5.41) is 0. The van der Waals surface area contributed by atoms with Crippen LogP contribution >= 0.6 is 12.6 Å². The number of rotatable bonds is 4. The Kier molecular flexibility index (Phi) is 5.36. The Morgan fingerprint density at radius 2 is 1.78 bits per heavy atom. The van der Waals surface area contributed by atoms with Crippen molar-refractivity contribution in [2.24, 2.45) is 11.8 Å². The molecule has 0 rings (SSSR count). The highest BCUT2D eigenvalue weighted by molar-refractivity contribution is 7.80. The molecule has 2 unspecified atom stereocenters. The molecular formula is C8H18S. The van der Waals surface area contributed by atoms with Crippen LogP contribution in [0.2, 0.25) is 0 Å². The predicted molar refractivity (Wildman–Crippen MR) is 47.1 cm³/mol. The van der Waals surface area contributed by atoms with E-state index in [0.29, 0.717) is 0 Å². The number of hydrogen-bond acceptors (Lipinski definition) is 1. The Labute approximate surface area is 64.4 Å². The van der Waals surface area contributed by atoms with Gasteiger partial charge in [0.1, 0.15) is 0 Å². The molecule has 0 aliphatic carbocycles. The third-order valence-electron chi connectivity index (χ3n) is 2.00. The van der Waals surface area contributed by atoms with E-state index in [1.165, 1.54) is 12.8 Å². The largest absolute Gasteiger partial charge is 0.179 e. The van der Waals surface area contributed by atoms with E-state index >= 15 is 0 Å². The van der Waals surface area contributed by atoms with E-state index in [2.05, 4.69) is 33.4 Å². The van der Waals surface area contributed by atoms with Crippen molar-refractivity contribution in [3.05, 3.63) is 0 Å². The standard InChI is InChI=1S/C8H18S/c1-4-5-7(2)8(3)6-9/h7-9H,4-6H2,1-3H3. The smallest absolute Gasteiger partial charge is 0.00696 e. The zero-order valence-corrected chi connectivity index (χ0v) is 7.62. The molecule has 0 fully saturated rings. The fourth-order valence-corrected chi connectivity index (χ4v) is 1.28. The molecule has 0 N–H and O–H groups in total. The third kappa shape index (κ3) is 3.85. The normalized spacial score (nSPS) is 17.3. The molecule has 0 saturated carbocycles. The van der Waals surface area contributed by atoms with Crippen LogP contribution in [0.15, 0.2) is 0 Å². The number of thiol groups is 1. The molecule has 0 aliphatic rings. The molecule has 0 heterocycles. The molecule has 1 heteroatoms. The van der Waals surface area contributed by atoms with E-state index in [1.807, 2.05) is 0 Å². The monoisotopic (exact) mass is 146 g/mol. The second-order valence-electron chi connectivity index (χ2n) is 2.93. The highest BCUT2D eigenvalue weighted by atomic mass is 32.1. The van der Waals surface area contributed by atoms with Gasteiger partial charge in [-0.15, -0.1) is 0 Å². The summed E-state index contributed by atoms with van der Waals surface area (Å²) in [5.41, 5.74) is 0. The Morgan fingerprint density at radius 1 is 1.22 bits per heavy atom. The first-order valence-corrected chi connectivity index (χ1v) is 4.46. The lowest BCUT2D eigenvalue weighted by atomic mass is 9.93. The van der Waals surface area contributed by atoms with Crippen LogP contribution in [0.4, 0.5) is 0 Å². The summed E-state index contributed by atoms with van der Waals surface area (Å²) in [5.74, 6) is 2.67. The van der Waals surface area contributed by atoms with Crippen LogP contribution in [0.3, 0.4) is 0 Å². The minimum absolute atomic E-state index is 0.785. The Hall–Kier alpha value is 0.350. The highest BCUT2D eigenvalue weighted by Gasteiger charge is 2.07. The van der Waals surface area contributed by atoms with Gasteiger partial charge in [-0.2, -0.15) is 12.6 Å². The molecule has 9 heavy (non-hydrogen) atoms. The van der Waals surface area contributed by atoms with Crippen molar-refractivity contribution in [1.82, 2.24) is 0 Å². The second kappa shape index (κ2) is 5.16. The van der Waals surface area contributed by atoms with Crippen LogP contribution in [0, 0.1) is 11.8 Å². The first-order valence-electron chi connectivity index (χ1n) is 3.83. The van der Waals surface area contributed by atoms with Gasteiger partial charge < -0.3 is 0 Å². The van der Waals surface area contributed by atoms with Gasteiger partial charge in [-0.1, -0.05) is 33.6 Å². The summed E-state index contributed by atoms with van der Waals surface area (Å²) in [6.45, 7) is 6.82. The first-order chi connectivity index (χ1) is 4.22. The molecule has 2 atom stereocenters. The summed E-state index contributed by atoms with van der Waals surface area (Å²) in [6.07, 6.45) is 2.65. The molecule has 0 radical (unpaired) electrons. The lowest BCUT2D eigenvalue weighted by molar-refractivity contribution is 0.395. The van der Waals surface area contributed by atoms with Gasteiger partial charge in [-0.3, -0.25) is 0 Å². The molecule has 0 aliphatic heterocycles. The van der Waals surface area contributed by atoms with Crippen LogP contribution < -0.4 is 0 Å². The SMILES string of the molecule is CCCC(C)C(C)CS. The Balaban J connectivity index is 3.32. The van der Waals surface area contributed by atoms with Crippen molar-refractivity contribution < 1.29 is 0 Å². The summed E-state index contributed by atoms with van der Waals surface area (Å²) in [7, 11) is 0. The Bertz CT molecular complexity index is 61.6. The van der Waals surface area contributed by atoms with Crippen LogP contribution in [0.5, 0.6) is 0 Å². The molecule has 0 saturated heterocycles. The van der Waals surface area contributed by atoms with Crippen LogP contribution in [-0.2, 0) is 0 Å². The fraction of sp³-hybridized carbons (Fsp3) is 1.00. The van der Waals surface area contributed by atoms with Gasteiger partial charge >= 0.3 is 0 Å². The minimum Gasteiger partial charge on any atom is -0.179 e. The van der Waals surface area contributed by atoms with Crippen molar-refractivity contribution in [2.45, 2.75) is 33.6 Å². The van der Waals surface area contributed by atoms with E-state index in [9.17, 15) is 0 Å². The molecule has 0 nitrogen and oxygen atoms in total. The van der Waals surface area contributed by atoms with E-state index in [0.717, 1.165) is 17.6 Å². The van der Waals surface area contributed by atoms with Crippen molar-refractivity contribution in [1.29, 1.82) is 0 Å². The average Bonchev–Trinajstić information content (AvgIpc) is 1.87. The van der Waals surface area contributed by atoms with Crippen molar-refractivity contribution in [3.8, 4) is 0 Å². The lowest BCUT2D eigenvalue weighted by Gasteiger charge is -2.15. The topological polar surface area (TPSA) is 0 Å². The van der Waals surface area contributed by atoms with E-state index in [1.54, 1.807) is 0 Å². The molecule has 0 aromatic heterocycles. The van der Waals surface area contributed by atoms with E-state index in [4.69, 9.17) is 0 Å². The van der Waals surface area contributed by atoms with Gasteiger partial charge in [-0.25, -0.2) is 0 Å². The average molecular weight is 146 g/mol. The van der Waals surface area contributed by atoms with Gasteiger partial charge in [0, 0.05) is 0 Å². The summed E-state index contributed by atoms with van der Waals surface area (Å²) in [6, 6.07) is 0. The molecule has 0 amide bonds. The summed E-state index contributed by atoms with van der Waals surface area (Å²) >= 11 is 4.25. The molecule has 0 aromatic rings. The third-order valence-corrected chi connectivity index (χ3v) is 2.58. The van der Waals surface area contributed by atoms with Gasteiger partial charge in [-0.05, 0) is 17.6 Å². The number of hydrogen-bond donors (Lipinski definition) is 1. The van der Waals surface area contributed by atoms with E-state index in [-0.39, 0.29) is 0 Å². The minimum atomic E-state index is 0.785. The van der Waals surface area contributed by atoms with Crippen molar-refractivity contribution >= 4 is 12.6 Å². The van der Waals surface area contributed by atoms with Gasteiger partial charge in [0.15, 0.2) is 0 Å². The van der Waals surface area contributed by atoms with Crippen LogP contribution in [0.25, 0.3) is 0 Å². The quantitative estimate of drug-likeness (QED) is 0.579. The first kappa shape index (κ1) is 9.35. The molecule has 0 aromatic carbocycles. The van der Waals surface area contributed by atoms with E-state index < -0.39 is 0 Å². The highest BCUT2D eigenvalue weighted by Crippen LogP contribution is 2.17. The zero-order valence-electron chi connectivity index (χ0n) is 6.72. The van der Waals surface area contributed by atoms with Gasteiger partial charge in [0.2, 0.25) is 0 Å². The second-order valence-corrected chi connectivity index (χ2v) is 3.29.